The number of hydrogen-bond acceptors (Lipinski definition) is 4. The van der Waals surface area contributed by atoms with E-state index in [1.54, 1.807) is 18.3 Å². The largest absolute Gasteiger partial charge is 0.473 e. The maximum absolute atomic E-state index is 12.5. The van der Waals surface area contributed by atoms with Crippen LogP contribution in [0.3, 0.4) is 0 Å². The number of hydrogen-bond donors (Lipinski definition) is 0. The van der Waals surface area contributed by atoms with E-state index in [1.807, 2.05) is 16.7 Å². The zero-order chi connectivity index (χ0) is 14.7. The van der Waals surface area contributed by atoms with E-state index < -0.39 is 0 Å². The average Bonchev–Trinajstić information content (AvgIpc) is 3.00. The molecule has 4 nitrogen and oxygen atoms in total. The van der Waals surface area contributed by atoms with Gasteiger partial charge in [0, 0.05) is 36.7 Å². The summed E-state index contributed by atoms with van der Waals surface area (Å²) in [4.78, 5) is 18.7. The topological polar surface area (TPSA) is 42.4 Å². The maximum Gasteiger partial charge on any atom is 0.254 e. The fourth-order valence-electron chi connectivity index (χ4n) is 2.78. The molecule has 0 N–H and O–H groups in total. The van der Waals surface area contributed by atoms with Crippen molar-refractivity contribution in [3.05, 3.63) is 23.9 Å². The Morgan fingerprint density at radius 2 is 2.19 bits per heavy atom. The summed E-state index contributed by atoms with van der Waals surface area (Å²) in [6, 6.07) is 3.58. The highest BCUT2D eigenvalue weighted by atomic mass is 32.2. The Morgan fingerprint density at radius 3 is 2.90 bits per heavy atom. The number of rotatable bonds is 3. The molecule has 1 atom stereocenters. The molecule has 5 heteroatoms. The minimum atomic E-state index is 0.106. The third-order valence-corrected chi connectivity index (χ3v) is 5.36. The standard InChI is InChI=1S/C16H22N2O2S/c1-12-3-7-18(8-4-12)16(19)13-2-6-17-15(10-13)20-14-5-9-21-11-14/h2,6,10,12,14H,3-5,7-9,11H2,1H3. The molecule has 2 aliphatic rings. The lowest BCUT2D eigenvalue weighted by Gasteiger charge is -2.30. The number of pyridine rings is 1. The van der Waals surface area contributed by atoms with E-state index in [4.69, 9.17) is 4.74 Å². The van der Waals surface area contributed by atoms with Gasteiger partial charge in [0.1, 0.15) is 6.10 Å². The van der Waals surface area contributed by atoms with Gasteiger partial charge >= 0.3 is 0 Å². The molecule has 0 spiro atoms. The summed E-state index contributed by atoms with van der Waals surface area (Å²) in [5.74, 6) is 3.58. The zero-order valence-electron chi connectivity index (χ0n) is 12.5. The molecule has 2 aliphatic heterocycles. The fraction of sp³-hybridized carbons (Fsp3) is 0.625. The van der Waals surface area contributed by atoms with Crippen molar-refractivity contribution in [2.75, 3.05) is 24.6 Å². The van der Waals surface area contributed by atoms with Gasteiger partial charge in [0.2, 0.25) is 5.88 Å². The maximum atomic E-state index is 12.5. The number of amides is 1. The Balaban J connectivity index is 1.65. The van der Waals surface area contributed by atoms with Crippen LogP contribution in [0.15, 0.2) is 18.3 Å². The van der Waals surface area contributed by atoms with Crippen molar-refractivity contribution in [2.45, 2.75) is 32.3 Å². The summed E-state index contributed by atoms with van der Waals surface area (Å²) >= 11 is 1.91. The van der Waals surface area contributed by atoms with Crippen LogP contribution in [0.5, 0.6) is 5.88 Å². The molecular formula is C16H22N2O2S. The predicted octanol–water partition coefficient (Wildman–Crippen LogP) is 2.84. The molecule has 1 aromatic heterocycles. The first kappa shape index (κ1) is 14.7. The number of carbonyl (C=O) groups is 1. The monoisotopic (exact) mass is 306 g/mol. The molecule has 3 rings (SSSR count). The van der Waals surface area contributed by atoms with Crippen LogP contribution in [0, 0.1) is 5.92 Å². The average molecular weight is 306 g/mol. The van der Waals surface area contributed by atoms with Crippen molar-refractivity contribution in [1.82, 2.24) is 9.88 Å². The van der Waals surface area contributed by atoms with Gasteiger partial charge in [0.05, 0.1) is 0 Å². The summed E-state index contributed by atoms with van der Waals surface area (Å²) in [5, 5.41) is 0. The van der Waals surface area contributed by atoms with Crippen LogP contribution in [-0.2, 0) is 0 Å². The molecule has 114 valence electrons. The van der Waals surface area contributed by atoms with Gasteiger partial charge in [-0.05, 0) is 37.0 Å². The Hall–Kier alpha value is -1.23. The Labute approximate surface area is 130 Å². The van der Waals surface area contributed by atoms with Crippen LogP contribution in [0.25, 0.3) is 0 Å². The number of carbonyl (C=O) groups excluding carboxylic acids is 1. The Bertz CT molecular complexity index is 495. The van der Waals surface area contributed by atoms with Crippen molar-refractivity contribution in [3.63, 3.8) is 0 Å². The second-order valence-electron chi connectivity index (χ2n) is 5.96. The number of aromatic nitrogens is 1. The van der Waals surface area contributed by atoms with Crippen molar-refractivity contribution >= 4 is 17.7 Å². The van der Waals surface area contributed by atoms with Crippen LogP contribution in [0.1, 0.15) is 36.5 Å². The van der Waals surface area contributed by atoms with Crippen LogP contribution in [0.2, 0.25) is 0 Å². The molecule has 2 saturated heterocycles. The van der Waals surface area contributed by atoms with Gasteiger partial charge in [-0.15, -0.1) is 0 Å². The fourth-order valence-corrected chi connectivity index (χ4v) is 3.87. The number of piperidine rings is 1. The minimum absolute atomic E-state index is 0.106. The van der Waals surface area contributed by atoms with Crippen LogP contribution >= 0.6 is 11.8 Å². The van der Waals surface area contributed by atoms with E-state index in [0.717, 1.165) is 49.8 Å². The van der Waals surface area contributed by atoms with Gasteiger partial charge in [-0.1, -0.05) is 6.92 Å². The Morgan fingerprint density at radius 1 is 1.38 bits per heavy atom. The smallest absolute Gasteiger partial charge is 0.254 e. The highest BCUT2D eigenvalue weighted by Crippen LogP contribution is 2.23. The molecule has 0 aromatic carbocycles. The van der Waals surface area contributed by atoms with Crippen molar-refractivity contribution < 1.29 is 9.53 Å². The van der Waals surface area contributed by atoms with Crippen LogP contribution in [0.4, 0.5) is 0 Å². The van der Waals surface area contributed by atoms with Gasteiger partial charge in [-0.2, -0.15) is 11.8 Å². The summed E-state index contributed by atoms with van der Waals surface area (Å²) < 4.78 is 5.87. The second kappa shape index (κ2) is 6.69. The summed E-state index contributed by atoms with van der Waals surface area (Å²) in [5.41, 5.74) is 0.695. The lowest BCUT2D eigenvalue weighted by Crippen LogP contribution is -2.37. The first-order chi connectivity index (χ1) is 10.2. The summed E-state index contributed by atoms with van der Waals surface area (Å²) in [6.07, 6.45) is 5.17. The first-order valence-corrected chi connectivity index (χ1v) is 8.87. The highest BCUT2D eigenvalue weighted by Gasteiger charge is 2.22. The molecule has 3 heterocycles. The second-order valence-corrected chi connectivity index (χ2v) is 7.11. The molecule has 0 bridgehead atoms. The van der Waals surface area contributed by atoms with E-state index in [0.29, 0.717) is 11.4 Å². The zero-order valence-corrected chi connectivity index (χ0v) is 13.3. The highest BCUT2D eigenvalue weighted by molar-refractivity contribution is 7.99. The molecule has 0 radical (unpaired) electrons. The predicted molar refractivity (Wildman–Crippen MR) is 84.9 cm³/mol. The van der Waals surface area contributed by atoms with Crippen LogP contribution < -0.4 is 4.74 Å². The van der Waals surface area contributed by atoms with Gasteiger partial charge in [0.15, 0.2) is 0 Å². The van der Waals surface area contributed by atoms with E-state index in [2.05, 4.69) is 11.9 Å². The molecule has 0 aliphatic carbocycles. The quantitative estimate of drug-likeness (QED) is 0.861. The summed E-state index contributed by atoms with van der Waals surface area (Å²) in [7, 11) is 0. The number of likely N-dealkylation sites (tertiary alicyclic amines) is 1. The van der Waals surface area contributed by atoms with E-state index >= 15 is 0 Å². The van der Waals surface area contributed by atoms with E-state index in [-0.39, 0.29) is 12.0 Å². The molecule has 2 fully saturated rings. The first-order valence-electron chi connectivity index (χ1n) is 7.72. The van der Waals surface area contributed by atoms with Crippen molar-refractivity contribution in [3.8, 4) is 5.88 Å². The minimum Gasteiger partial charge on any atom is -0.473 e. The van der Waals surface area contributed by atoms with Crippen molar-refractivity contribution in [1.29, 1.82) is 0 Å². The lowest BCUT2D eigenvalue weighted by molar-refractivity contribution is 0.0696. The molecule has 1 unspecified atom stereocenters. The SMILES string of the molecule is CC1CCN(C(=O)c2ccnc(OC3CCSC3)c2)CC1. The number of ether oxygens (including phenoxy) is 1. The number of thioether (sulfide) groups is 1. The van der Waals surface area contributed by atoms with Crippen LogP contribution in [-0.4, -0.2) is 46.5 Å². The van der Waals surface area contributed by atoms with Gasteiger partial charge < -0.3 is 9.64 Å². The normalized spacial score (nSPS) is 23.3. The van der Waals surface area contributed by atoms with Gasteiger partial charge in [0.25, 0.3) is 5.91 Å². The van der Waals surface area contributed by atoms with Crippen molar-refractivity contribution in [2.24, 2.45) is 5.92 Å². The van der Waals surface area contributed by atoms with Gasteiger partial charge in [-0.3, -0.25) is 4.79 Å². The third kappa shape index (κ3) is 3.70. The molecule has 1 amide bonds. The molecule has 21 heavy (non-hydrogen) atoms. The summed E-state index contributed by atoms with van der Waals surface area (Å²) in [6.45, 7) is 3.97. The molecule has 0 saturated carbocycles. The van der Waals surface area contributed by atoms with E-state index in [1.165, 1.54) is 0 Å². The van der Waals surface area contributed by atoms with E-state index in [9.17, 15) is 4.79 Å². The third-order valence-electron chi connectivity index (χ3n) is 4.23. The molecule has 1 aromatic rings. The lowest BCUT2D eigenvalue weighted by atomic mass is 9.99. The van der Waals surface area contributed by atoms with Gasteiger partial charge in [-0.25, -0.2) is 4.98 Å². The Kier molecular flexibility index (Phi) is 4.68. The number of nitrogens with zero attached hydrogens (tertiary/aromatic N) is 2. The molecular weight excluding hydrogens is 284 g/mol.